The van der Waals surface area contributed by atoms with Crippen LogP contribution in [0.1, 0.15) is 10.4 Å². The fourth-order valence-electron chi connectivity index (χ4n) is 0.567. The summed E-state index contributed by atoms with van der Waals surface area (Å²) in [5.74, 6) is -1.46. The van der Waals surface area contributed by atoms with E-state index in [1.165, 1.54) is 17.6 Å². The van der Waals surface area contributed by atoms with Gasteiger partial charge in [-0.25, -0.2) is 4.79 Å². The van der Waals surface area contributed by atoms with E-state index < -0.39 is 5.97 Å². The molecule has 1 aromatic rings. The minimum Gasteiger partial charge on any atom is -0.505 e. The highest BCUT2D eigenvalue weighted by molar-refractivity contribution is 5.90. The number of carboxylic acids is 1. The van der Waals surface area contributed by atoms with Crippen LogP contribution in [0.25, 0.3) is 0 Å². The van der Waals surface area contributed by atoms with Crippen LogP contribution >= 0.6 is 0 Å². The van der Waals surface area contributed by atoms with Gasteiger partial charge in [-0.3, -0.25) is 4.98 Å². The highest BCUT2D eigenvalue weighted by Crippen LogP contribution is 2.12. The number of hydrogen-bond acceptors (Lipinski definition) is 5. The average molecular weight is 186 g/mol. The summed E-state index contributed by atoms with van der Waals surface area (Å²) in [5.41, 5.74) is -0.130. The highest BCUT2D eigenvalue weighted by atomic mass is 16.6. The van der Waals surface area contributed by atoms with Gasteiger partial charge in [-0.2, -0.15) is 0 Å². The van der Waals surface area contributed by atoms with Crippen LogP contribution in [0, 0.1) is 4.91 Å². The molecule has 70 valence electrons. The molecule has 1 heterocycles. The molecule has 13 heavy (non-hydrogen) atoms. The van der Waals surface area contributed by atoms with E-state index in [4.69, 9.17) is 20.3 Å². The smallest absolute Gasteiger partial charge is 0.339 e. The van der Waals surface area contributed by atoms with Crippen molar-refractivity contribution in [1.29, 1.82) is 0 Å². The number of rotatable bonds is 1. The molecule has 0 unspecified atom stereocenters. The van der Waals surface area contributed by atoms with Crippen molar-refractivity contribution < 1.29 is 20.2 Å². The molecule has 0 aliphatic carbocycles. The van der Waals surface area contributed by atoms with Crippen LogP contribution in [-0.2, 0) is 0 Å². The van der Waals surface area contributed by atoms with E-state index in [1.54, 1.807) is 0 Å². The van der Waals surface area contributed by atoms with Crippen molar-refractivity contribution in [3.05, 3.63) is 28.9 Å². The minimum atomic E-state index is -1.15. The third kappa shape index (κ3) is 3.65. The lowest BCUT2D eigenvalue weighted by atomic mass is 10.2. The number of aromatic carboxylic acids is 1. The van der Waals surface area contributed by atoms with Crippen molar-refractivity contribution in [3.63, 3.8) is 0 Å². The molecule has 7 heteroatoms. The molecule has 0 amide bonds. The zero-order valence-electron chi connectivity index (χ0n) is 6.28. The Morgan fingerprint density at radius 3 is 2.38 bits per heavy atom. The van der Waals surface area contributed by atoms with Crippen molar-refractivity contribution in [2.24, 2.45) is 5.34 Å². The summed E-state index contributed by atoms with van der Waals surface area (Å²) in [6.07, 6.45) is 2.40. The van der Waals surface area contributed by atoms with Crippen molar-refractivity contribution in [3.8, 4) is 5.75 Å². The van der Waals surface area contributed by atoms with Crippen LogP contribution in [0.4, 0.5) is 0 Å². The predicted molar refractivity (Wildman–Crippen MR) is 40.4 cm³/mol. The molecule has 0 saturated carbocycles. The van der Waals surface area contributed by atoms with Gasteiger partial charge in [-0.15, -0.1) is 4.91 Å². The Hall–Kier alpha value is -2.18. The second-order valence-electron chi connectivity index (χ2n) is 1.78. The van der Waals surface area contributed by atoms with Gasteiger partial charge >= 0.3 is 5.97 Å². The van der Waals surface area contributed by atoms with Crippen molar-refractivity contribution in [2.45, 2.75) is 0 Å². The second kappa shape index (κ2) is 5.47. The van der Waals surface area contributed by atoms with Gasteiger partial charge in [0.15, 0.2) is 5.34 Å². The molecule has 3 N–H and O–H groups in total. The number of aromatic hydroxyl groups is 1. The van der Waals surface area contributed by atoms with Crippen LogP contribution < -0.4 is 0 Å². The lowest BCUT2D eigenvalue weighted by Gasteiger charge is -1.94. The Labute approximate surface area is 72.2 Å². The molecule has 0 atom stereocenters. The SMILES string of the molecule is O=C(O)c1ccncc1O.O=NO. The maximum Gasteiger partial charge on any atom is 0.339 e. The molecule has 0 spiro atoms. The lowest BCUT2D eigenvalue weighted by Crippen LogP contribution is -1.96. The van der Waals surface area contributed by atoms with Gasteiger partial charge in [0.1, 0.15) is 11.3 Å². The largest absolute Gasteiger partial charge is 0.505 e. The van der Waals surface area contributed by atoms with Gasteiger partial charge < -0.3 is 15.4 Å². The summed E-state index contributed by atoms with van der Waals surface area (Å²) in [4.78, 5) is 21.9. The highest BCUT2D eigenvalue weighted by Gasteiger charge is 2.06. The molecule has 0 fully saturated rings. The minimum absolute atomic E-state index is 0.130. The van der Waals surface area contributed by atoms with Crippen LogP contribution in [0.15, 0.2) is 23.8 Å². The third-order valence-corrected chi connectivity index (χ3v) is 1.03. The van der Waals surface area contributed by atoms with Gasteiger partial charge in [0, 0.05) is 6.20 Å². The molecular weight excluding hydrogens is 180 g/mol. The van der Waals surface area contributed by atoms with Crippen LogP contribution in [-0.4, -0.2) is 26.4 Å². The summed E-state index contributed by atoms with van der Waals surface area (Å²) < 4.78 is 0. The summed E-state index contributed by atoms with van der Waals surface area (Å²) >= 11 is 0. The zero-order chi connectivity index (χ0) is 10.3. The molecule has 0 aliphatic rings. The summed E-state index contributed by atoms with van der Waals surface area (Å²) in [5, 5.41) is 25.1. The van der Waals surface area contributed by atoms with E-state index >= 15 is 0 Å². The Kier molecular flexibility index (Phi) is 4.55. The standard InChI is InChI=1S/C6H5NO3.HNO2/c8-5-3-7-2-1-4(5)6(9)10;2-1-3/h1-3,8H,(H,9,10);(H,2,3). The normalized spacial score (nSPS) is 8.00. The van der Waals surface area contributed by atoms with E-state index in [0.29, 0.717) is 0 Å². The van der Waals surface area contributed by atoms with Crippen LogP contribution in [0.5, 0.6) is 5.75 Å². The number of carbonyl (C=O) groups is 1. The number of hydrogen-bond donors (Lipinski definition) is 3. The van der Waals surface area contributed by atoms with Gasteiger partial charge in [-0.05, 0) is 6.07 Å². The van der Waals surface area contributed by atoms with E-state index in [9.17, 15) is 4.79 Å². The second-order valence-corrected chi connectivity index (χ2v) is 1.78. The van der Waals surface area contributed by atoms with Gasteiger partial charge in [0.05, 0.1) is 6.20 Å². The van der Waals surface area contributed by atoms with Gasteiger partial charge in [-0.1, -0.05) is 0 Å². The third-order valence-electron chi connectivity index (χ3n) is 1.03. The quantitative estimate of drug-likeness (QED) is 0.437. The molecule has 1 rings (SSSR count). The van der Waals surface area contributed by atoms with E-state index in [-0.39, 0.29) is 11.3 Å². The monoisotopic (exact) mass is 186 g/mol. The van der Waals surface area contributed by atoms with Crippen LogP contribution in [0.2, 0.25) is 0 Å². The Morgan fingerprint density at radius 1 is 1.54 bits per heavy atom. The topological polar surface area (TPSA) is 120 Å². The van der Waals surface area contributed by atoms with Gasteiger partial charge in [0.25, 0.3) is 0 Å². The molecule has 0 aliphatic heterocycles. The maximum absolute atomic E-state index is 10.2. The van der Waals surface area contributed by atoms with E-state index in [2.05, 4.69) is 4.98 Å². The molecule has 0 saturated heterocycles. The Balaban J connectivity index is 0.000000424. The van der Waals surface area contributed by atoms with E-state index in [0.717, 1.165) is 6.20 Å². The molecule has 0 bridgehead atoms. The summed E-state index contributed by atoms with van der Waals surface area (Å²) in [7, 11) is 0. The molecule has 1 aromatic heterocycles. The first-order valence-corrected chi connectivity index (χ1v) is 2.96. The fraction of sp³-hybridized carbons (Fsp3) is 0. The summed E-state index contributed by atoms with van der Waals surface area (Å²) in [6, 6.07) is 1.23. The fourth-order valence-corrected chi connectivity index (χ4v) is 0.567. The molecular formula is C6H6N2O5. The Morgan fingerprint density at radius 2 is 2.08 bits per heavy atom. The predicted octanol–water partition coefficient (Wildman–Crippen LogP) is 0.627. The average Bonchev–Trinajstić information content (AvgIpc) is 2.06. The van der Waals surface area contributed by atoms with Crippen molar-refractivity contribution >= 4 is 5.97 Å². The molecule has 0 aromatic carbocycles. The number of pyridine rings is 1. The van der Waals surface area contributed by atoms with Gasteiger partial charge in [0.2, 0.25) is 0 Å². The number of aromatic nitrogens is 1. The number of carboxylic acid groups (broad SMARTS) is 1. The lowest BCUT2D eigenvalue weighted by molar-refractivity contribution is 0.0693. The molecule has 7 nitrogen and oxygen atoms in total. The Bertz CT molecular complexity index is 301. The first-order valence-electron chi connectivity index (χ1n) is 2.96. The first kappa shape index (κ1) is 10.8. The van der Waals surface area contributed by atoms with Crippen molar-refractivity contribution in [2.75, 3.05) is 0 Å². The first-order chi connectivity index (χ1) is 6.13. The maximum atomic E-state index is 10.2. The molecule has 0 radical (unpaired) electrons. The van der Waals surface area contributed by atoms with E-state index in [1.807, 2.05) is 0 Å². The van der Waals surface area contributed by atoms with Crippen LogP contribution in [0.3, 0.4) is 0 Å². The number of nitrogens with zero attached hydrogens (tertiary/aromatic N) is 2. The zero-order valence-corrected chi connectivity index (χ0v) is 6.28. The van der Waals surface area contributed by atoms with Crippen molar-refractivity contribution in [1.82, 2.24) is 4.98 Å². The summed E-state index contributed by atoms with van der Waals surface area (Å²) in [6.45, 7) is 0.